The van der Waals surface area contributed by atoms with Crippen LogP contribution in [0.1, 0.15) is 40.3 Å². The molecule has 2 rings (SSSR count). The Morgan fingerprint density at radius 2 is 1.91 bits per heavy atom. The number of hydrogen-bond donors (Lipinski definition) is 2. The molecule has 0 fully saturated rings. The largest absolute Gasteiger partial charge is 0.479 e. The lowest BCUT2D eigenvalue weighted by Gasteiger charge is -2.16. The number of aryl methyl sites for hydroxylation is 2. The van der Waals surface area contributed by atoms with Crippen LogP contribution in [0.4, 0.5) is 0 Å². The van der Waals surface area contributed by atoms with Gasteiger partial charge in [0.05, 0.1) is 17.0 Å². The molecular weight excluding hydrogens is 282 g/mol. The third kappa shape index (κ3) is 3.46. The highest BCUT2D eigenvalue weighted by atomic mass is 16.4. The predicted molar refractivity (Wildman–Crippen MR) is 80.4 cm³/mol. The zero-order valence-corrected chi connectivity index (χ0v) is 12.4. The van der Waals surface area contributed by atoms with Gasteiger partial charge in [-0.1, -0.05) is 37.3 Å². The van der Waals surface area contributed by atoms with Gasteiger partial charge in [0, 0.05) is 0 Å². The SMILES string of the molecule is CCc1nnc(C)cc1C(=O)N[C@@H](C(=O)O)c1ccccc1. The number of rotatable bonds is 5. The van der Waals surface area contributed by atoms with E-state index in [9.17, 15) is 14.7 Å². The smallest absolute Gasteiger partial charge is 0.330 e. The molecule has 0 spiro atoms. The molecule has 6 heteroatoms. The van der Waals surface area contributed by atoms with E-state index in [2.05, 4.69) is 15.5 Å². The van der Waals surface area contributed by atoms with Crippen LogP contribution in [0, 0.1) is 6.92 Å². The second-order valence-corrected chi connectivity index (χ2v) is 4.86. The third-order valence-corrected chi connectivity index (χ3v) is 3.23. The first-order chi connectivity index (χ1) is 10.5. The minimum Gasteiger partial charge on any atom is -0.479 e. The number of carbonyl (C=O) groups excluding carboxylic acids is 1. The minimum atomic E-state index is -1.11. The number of benzene rings is 1. The Kier molecular flexibility index (Phi) is 4.83. The van der Waals surface area contributed by atoms with E-state index in [1.165, 1.54) is 0 Å². The fraction of sp³-hybridized carbons (Fsp3) is 0.250. The second-order valence-electron chi connectivity index (χ2n) is 4.86. The van der Waals surface area contributed by atoms with E-state index < -0.39 is 17.9 Å². The Labute approximate surface area is 128 Å². The first-order valence-electron chi connectivity index (χ1n) is 6.94. The first kappa shape index (κ1) is 15.6. The third-order valence-electron chi connectivity index (χ3n) is 3.23. The molecule has 0 radical (unpaired) electrons. The summed E-state index contributed by atoms with van der Waals surface area (Å²) in [5, 5.41) is 19.8. The number of amides is 1. The normalized spacial score (nSPS) is 11.7. The molecule has 2 N–H and O–H groups in total. The number of nitrogens with zero attached hydrogens (tertiary/aromatic N) is 2. The van der Waals surface area contributed by atoms with Gasteiger partial charge in [0.1, 0.15) is 0 Å². The molecule has 0 bridgehead atoms. The summed E-state index contributed by atoms with van der Waals surface area (Å²) in [6.45, 7) is 3.59. The molecular formula is C16H17N3O3. The molecule has 1 aromatic heterocycles. The van der Waals surface area contributed by atoms with E-state index in [0.29, 0.717) is 28.9 Å². The molecule has 114 valence electrons. The van der Waals surface area contributed by atoms with E-state index in [1.807, 2.05) is 6.92 Å². The van der Waals surface area contributed by atoms with Gasteiger partial charge in [-0.05, 0) is 25.0 Å². The number of carbonyl (C=O) groups is 2. The number of carboxylic acid groups (broad SMARTS) is 1. The van der Waals surface area contributed by atoms with Crippen molar-refractivity contribution in [2.24, 2.45) is 0 Å². The van der Waals surface area contributed by atoms with E-state index in [1.54, 1.807) is 43.3 Å². The molecule has 22 heavy (non-hydrogen) atoms. The molecule has 0 saturated heterocycles. The van der Waals surface area contributed by atoms with Crippen molar-refractivity contribution < 1.29 is 14.7 Å². The van der Waals surface area contributed by atoms with Crippen LogP contribution in [0.25, 0.3) is 0 Å². The molecule has 0 saturated carbocycles. The van der Waals surface area contributed by atoms with Crippen LogP contribution in [-0.4, -0.2) is 27.2 Å². The van der Waals surface area contributed by atoms with Crippen LogP contribution < -0.4 is 5.32 Å². The van der Waals surface area contributed by atoms with Crippen molar-refractivity contribution in [3.8, 4) is 0 Å². The average molecular weight is 299 g/mol. The van der Waals surface area contributed by atoms with Crippen molar-refractivity contribution in [1.29, 1.82) is 0 Å². The molecule has 6 nitrogen and oxygen atoms in total. The topological polar surface area (TPSA) is 92.2 Å². The van der Waals surface area contributed by atoms with Gasteiger partial charge in [-0.2, -0.15) is 10.2 Å². The van der Waals surface area contributed by atoms with Crippen LogP contribution in [0.5, 0.6) is 0 Å². The molecule has 1 aromatic carbocycles. The molecule has 0 aliphatic carbocycles. The molecule has 0 aliphatic rings. The fourth-order valence-corrected chi connectivity index (χ4v) is 2.11. The lowest BCUT2D eigenvalue weighted by atomic mass is 10.1. The van der Waals surface area contributed by atoms with Gasteiger partial charge in [0.15, 0.2) is 6.04 Å². The standard InChI is InChI=1S/C16H17N3O3/c1-3-13-12(9-10(2)18-19-13)15(20)17-14(16(21)22)11-7-5-4-6-8-11/h4-9,14H,3H2,1-2H3,(H,17,20)(H,21,22)/t14-/m1/s1. The molecule has 1 atom stereocenters. The summed E-state index contributed by atoms with van der Waals surface area (Å²) in [5.74, 6) is -1.58. The van der Waals surface area contributed by atoms with Crippen LogP contribution in [-0.2, 0) is 11.2 Å². The first-order valence-corrected chi connectivity index (χ1v) is 6.94. The molecule has 0 unspecified atom stereocenters. The fourth-order valence-electron chi connectivity index (χ4n) is 2.11. The number of nitrogens with one attached hydrogen (secondary N) is 1. The van der Waals surface area contributed by atoms with Crippen molar-refractivity contribution in [2.75, 3.05) is 0 Å². The van der Waals surface area contributed by atoms with Gasteiger partial charge in [0.25, 0.3) is 5.91 Å². The van der Waals surface area contributed by atoms with Crippen molar-refractivity contribution in [3.05, 3.63) is 58.9 Å². The van der Waals surface area contributed by atoms with E-state index in [4.69, 9.17) is 0 Å². The Balaban J connectivity index is 2.30. The lowest BCUT2D eigenvalue weighted by molar-refractivity contribution is -0.139. The number of hydrogen-bond acceptors (Lipinski definition) is 4. The highest BCUT2D eigenvalue weighted by Gasteiger charge is 2.24. The monoisotopic (exact) mass is 299 g/mol. The maximum absolute atomic E-state index is 12.4. The summed E-state index contributed by atoms with van der Waals surface area (Å²) in [5.41, 5.74) is 2.02. The van der Waals surface area contributed by atoms with Crippen LogP contribution in [0.2, 0.25) is 0 Å². The maximum atomic E-state index is 12.4. The van der Waals surface area contributed by atoms with Crippen molar-refractivity contribution in [2.45, 2.75) is 26.3 Å². The average Bonchev–Trinajstić information content (AvgIpc) is 2.52. The van der Waals surface area contributed by atoms with Gasteiger partial charge >= 0.3 is 5.97 Å². The summed E-state index contributed by atoms with van der Waals surface area (Å²) in [6, 6.07) is 9.08. The van der Waals surface area contributed by atoms with Crippen LogP contribution in [0.3, 0.4) is 0 Å². The predicted octanol–water partition coefficient (Wildman–Crippen LogP) is 1.90. The summed E-state index contributed by atoms with van der Waals surface area (Å²) >= 11 is 0. The number of aliphatic carboxylic acids is 1. The van der Waals surface area contributed by atoms with Crippen LogP contribution in [0.15, 0.2) is 36.4 Å². The number of carboxylic acids is 1. The second kappa shape index (κ2) is 6.80. The van der Waals surface area contributed by atoms with Crippen LogP contribution >= 0.6 is 0 Å². The van der Waals surface area contributed by atoms with Gasteiger partial charge in [-0.15, -0.1) is 0 Å². The van der Waals surface area contributed by atoms with Crippen molar-refractivity contribution >= 4 is 11.9 Å². The summed E-state index contributed by atoms with van der Waals surface area (Å²) in [7, 11) is 0. The summed E-state index contributed by atoms with van der Waals surface area (Å²) < 4.78 is 0. The van der Waals surface area contributed by atoms with E-state index >= 15 is 0 Å². The summed E-state index contributed by atoms with van der Waals surface area (Å²) in [4.78, 5) is 23.9. The molecule has 1 amide bonds. The quantitative estimate of drug-likeness (QED) is 0.879. The zero-order chi connectivity index (χ0) is 16.1. The van der Waals surface area contributed by atoms with Crippen molar-refractivity contribution in [1.82, 2.24) is 15.5 Å². The molecule has 0 aliphatic heterocycles. The van der Waals surface area contributed by atoms with Gasteiger partial charge < -0.3 is 10.4 Å². The molecule has 2 aromatic rings. The molecule has 1 heterocycles. The van der Waals surface area contributed by atoms with Gasteiger partial charge in [-0.3, -0.25) is 4.79 Å². The highest BCUT2D eigenvalue weighted by molar-refractivity contribution is 5.97. The Morgan fingerprint density at radius 1 is 1.23 bits per heavy atom. The highest BCUT2D eigenvalue weighted by Crippen LogP contribution is 2.15. The Morgan fingerprint density at radius 3 is 2.50 bits per heavy atom. The Hall–Kier alpha value is -2.76. The van der Waals surface area contributed by atoms with Crippen molar-refractivity contribution in [3.63, 3.8) is 0 Å². The van der Waals surface area contributed by atoms with Gasteiger partial charge in [-0.25, -0.2) is 4.79 Å². The van der Waals surface area contributed by atoms with Gasteiger partial charge in [0.2, 0.25) is 0 Å². The lowest BCUT2D eigenvalue weighted by Crippen LogP contribution is -2.34. The zero-order valence-electron chi connectivity index (χ0n) is 12.4. The Bertz CT molecular complexity index is 686. The van der Waals surface area contributed by atoms with E-state index in [-0.39, 0.29) is 0 Å². The van der Waals surface area contributed by atoms with E-state index in [0.717, 1.165) is 0 Å². The maximum Gasteiger partial charge on any atom is 0.330 e. The summed E-state index contributed by atoms with van der Waals surface area (Å²) in [6.07, 6.45) is 0.541. The number of aromatic nitrogens is 2. The minimum absolute atomic E-state index is 0.359.